The molecule has 0 aliphatic carbocycles. The van der Waals surface area contributed by atoms with E-state index >= 15 is 0 Å². The summed E-state index contributed by atoms with van der Waals surface area (Å²) in [6.07, 6.45) is 2.80. The standard InChI is InChI=1S/C12H21NO2/c1-3-11-6-7-12(15-11)9-13-10(2)5-4-8-14/h6-7,10,13-14H,3-5,8-9H2,1-2H3. The lowest BCUT2D eigenvalue weighted by molar-refractivity contribution is 0.275. The molecular weight excluding hydrogens is 190 g/mol. The zero-order chi connectivity index (χ0) is 11.1. The SMILES string of the molecule is CCc1ccc(CNC(C)CCCO)o1. The minimum atomic E-state index is 0.271. The van der Waals surface area contributed by atoms with Gasteiger partial charge in [-0.15, -0.1) is 0 Å². The van der Waals surface area contributed by atoms with Crippen LogP contribution in [0.3, 0.4) is 0 Å². The number of rotatable bonds is 7. The highest BCUT2D eigenvalue weighted by molar-refractivity contribution is 5.06. The molecule has 0 saturated heterocycles. The molecule has 0 fully saturated rings. The Kier molecular flexibility index (Phi) is 5.43. The monoisotopic (exact) mass is 211 g/mol. The largest absolute Gasteiger partial charge is 0.465 e. The molecule has 3 nitrogen and oxygen atoms in total. The molecule has 1 aromatic rings. The van der Waals surface area contributed by atoms with E-state index < -0.39 is 0 Å². The van der Waals surface area contributed by atoms with Crippen molar-refractivity contribution in [2.45, 2.75) is 45.7 Å². The van der Waals surface area contributed by atoms with Crippen LogP contribution in [0.5, 0.6) is 0 Å². The highest BCUT2D eigenvalue weighted by Crippen LogP contribution is 2.08. The van der Waals surface area contributed by atoms with Crippen LogP contribution in [0.4, 0.5) is 0 Å². The molecule has 0 aliphatic rings. The topological polar surface area (TPSA) is 45.4 Å². The van der Waals surface area contributed by atoms with Crippen LogP contribution < -0.4 is 5.32 Å². The highest BCUT2D eigenvalue weighted by atomic mass is 16.3. The van der Waals surface area contributed by atoms with Crippen LogP contribution >= 0.6 is 0 Å². The maximum Gasteiger partial charge on any atom is 0.117 e. The summed E-state index contributed by atoms with van der Waals surface area (Å²) in [4.78, 5) is 0. The van der Waals surface area contributed by atoms with Gasteiger partial charge >= 0.3 is 0 Å². The third-order valence-corrected chi connectivity index (χ3v) is 2.49. The van der Waals surface area contributed by atoms with Crippen molar-refractivity contribution < 1.29 is 9.52 Å². The van der Waals surface area contributed by atoms with Gasteiger partial charge in [0.05, 0.1) is 6.54 Å². The first kappa shape index (κ1) is 12.3. The molecule has 0 aliphatic heterocycles. The van der Waals surface area contributed by atoms with Crippen LogP contribution in [0.2, 0.25) is 0 Å². The van der Waals surface area contributed by atoms with Gasteiger partial charge in [-0.2, -0.15) is 0 Å². The van der Waals surface area contributed by atoms with Crippen LogP contribution in [0.15, 0.2) is 16.5 Å². The second-order valence-corrected chi connectivity index (χ2v) is 3.87. The smallest absolute Gasteiger partial charge is 0.117 e. The van der Waals surface area contributed by atoms with E-state index in [1.54, 1.807) is 0 Å². The molecular formula is C12H21NO2. The number of hydrogen-bond acceptors (Lipinski definition) is 3. The molecule has 1 atom stereocenters. The van der Waals surface area contributed by atoms with Gasteiger partial charge in [0.25, 0.3) is 0 Å². The van der Waals surface area contributed by atoms with E-state index in [-0.39, 0.29) is 6.61 Å². The summed E-state index contributed by atoms with van der Waals surface area (Å²) in [5.41, 5.74) is 0. The number of aliphatic hydroxyl groups is 1. The molecule has 15 heavy (non-hydrogen) atoms. The van der Waals surface area contributed by atoms with Gasteiger partial charge in [0.15, 0.2) is 0 Å². The van der Waals surface area contributed by atoms with E-state index in [0.29, 0.717) is 6.04 Å². The number of aryl methyl sites for hydroxylation is 1. The van der Waals surface area contributed by atoms with Gasteiger partial charge in [0.2, 0.25) is 0 Å². The maximum atomic E-state index is 8.69. The minimum absolute atomic E-state index is 0.271. The van der Waals surface area contributed by atoms with Crippen LogP contribution in [0.25, 0.3) is 0 Å². The van der Waals surface area contributed by atoms with E-state index in [0.717, 1.165) is 37.3 Å². The van der Waals surface area contributed by atoms with E-state index in [1.165, 1.54) is 0 Å². The number of furan rings is 1. The first-order valence-electron chi connectivity index (χ1n) is 5.68. The molecule has 3 heteroatoms. The third-order valence-electron chi connectivity index (χ3n) is 2.49. The molecule has 86 valence electrons. The molecule has 1 unspecified atom stereocenters. The van der Waals surface area contributed by atoms with E-state index in [4.69, 9.17) is 9.52 Å². The van der Waals surface area contributed by atoms with E-state index in [1.807, 2.05) is 12.1 Å². The second kappa shape index (κ2) is 6.64. The second-order valence-electron chi connectivity index (χ2n) is 3.87. The van der Waals surface area contributed by atoms with Gasteiger partial charge < -0.3 is 14.8 Å². The predicted octanol–water partition coefficient (Wildman–Crippen LogP) is 2.09. The van der Waals surface area contributed by atoms with Gasteiger partial charge in [0, 0.05) is 19.1 Å². The van der Waals surface area contributed by atoms with Gasteiger partial charge in [-0.05, 0) is 31.9 Å². The van der Waals surface area contributed by atoms with Crippen molar-refractivity contribution >= 4 is 0 Å². The summed E-state index contributed by atoms with van der Waals surface area (Å²) in [5.74, 6) is 2.03. The number of nitrogens with one attached hydrogen (secondary N) is 1. The van der Waals surface area contributed by atoms with Crippen LogP contribution in [0.1, 0.15) is 38.2 Å². The molecule has 0 amide bonds. The first-order chi connectivity index (χ1) is 7.26. The number of aliphatic hydroxyl groups excluding tert-OH is 1. The summed E-state index contributed by atoms with van der Waals surface area (Å²) in [6, 6.07) is 4.47. The van der Waals surface area contributed by atoms with Gasteiger partial charge in [0.1, 0.15) is 11.5 Å². The van der Waals surface area contributed by atoms with Crippen molar-refractivity contribution in [1.29, 1.82) is 0 Å². The lowest BCUT2D eigenvalue weighted by Crippen LogP contribution is -2.25. The molecule has 0 bridgehead atoms. The first-order valence-corrected chi connectivity index (χ1v) is 5.68. The molecule has 1 aromatic heterocycles. The van der Waals surface area contributed by atoms with Crippen molar-refractivity contribution in [2.75, 3.05) is 6.61 Å². The van der Waals surface area contributed by atoms with E-state index in [2.05, 4.69) is 19.2 Å². The Morgan fingerprint density at radius 2 is 2.13 bits per heavy atom. The molecule has 0 radical (unpaired) electrons. The van der Waals surface area contributed by atoms with Crippen molar-refractivity contribution in [3.8, 4) is 0 Å². The third kappa shape index (κ3) is 4.49. The Hall–Kier alpha value is -0.800. The van der Waals surface area contributed by atoms with Gasteiger partial charge in [-0.25, -0.2) is 0 Å². The Bertz CT molecular complexity index is 270. The summed E-state index contributed by atoms with van der Waals surface area (Å²) in [6.45, 7) is 5.25. The summed E-state index contributed by atoms with van der Waals surface area (Å²) < 4.78 is 5.58. The Morgan fingerprint density at radius 1 is 1.40 bits per heavy atom. The predicted molar refractivity (Wildman–Crippen MR) is 60.7 cm³/mol. The highest BCUT2D eigenvalue weighted by Gasteiger charge is 2.03. The summed E-state index contributed by atoms with van der Waals surface area (Å²) in [5, 5.41) is 12.1. The van der Waals surface area contributed by atoms with Crippen molar-refractivity contribution in [1.82, 2.24) is 5.32 Å². The summed E-state index contributed by atoms with van der Waals surface area (Å²) >= 11 is 0. The lowest BCUT2D eigenvalue weighted by Gasteiger charge is -2.11. The van der Waals surface area contributed by atoms with Crippen LogP contribution in [-0.4, -0.2) is 17.8 Å². The fraction of sp³-hybridized carbons (Fsp3) is 0.667. The Labute approximate surface area is 91.5 Å². The zero-order valence-corrected chi connectivity index (χ0v) is 9.62. The molecule has 2 N–H and O–H groups in total. The fourth-order valence-electron chi connectivity index (χ4n) is 1.48. The van der Waals surface area contributed by atoms with Crippen LogP contribution in [-0.2, 0) is 13.0 Å². The van der Waals surface area contributed by atoms with E-state index in [9.17, 15) is 0 Å². The van der Waals surface area contributed by atoms with Crippen molar-refractivity contribution in [3.05, 3.63) is 23.7 Å². The fourth-order valence-corrected chi connectivity index (χ4v) is 1.48. The molecule has 0 spiro atoms. The zero-order valence-electron chi connectivity index (χ0n) is 9.62. The lowest BCUT2D eigenvalue weighted by atomic mass is 10.2. The minimum Gasteiger partial charge on any atom is -0.465 e. The van der Waals surface area contributed by atoms with Gasteiger partial charge in [-0.3, -0.25) is 0 Å². The Morgan fingerprint density at radius 3 is 2.73 bits per heavy atom. The maximum absolute atomic E-state index is 8.69. The number of hydrogen-bond donors (Lipinski definition) is 2. The molecule has 0 aromatic carbocycles. The summed E-state index contributed by atoms with van der Waals surface area (Å²) in [7, 11) is 0. The normalized spacial score (nSPS) is 13.0. The molecule has 1 rings (SSSR count). The average molecular weight is 211 g/mol. The van der Waals surface area contributed by atoms with Gasteiger partial charge in [-0.1, -0.05) is 6.92 Å². The van der Waals surface area contributed by atoms with Crippen LogP contribution in [0, 0.1) is 0 Å². The Balaban J connectivity index is 2.24. The average Bonchev–Trinajstić information content (AvgIpc) is 2.71. The molecule has 1 heterocycles. The van der Waals surface area contributed by atoms with Crippen molar-refractivity contribution in [2.24, 2.45) is 0 Å². The molecule has 0 saturated carbocycles. The quantitative estimate of drug-likeness (QED) is 0.726. The van der Waals surface area contributed by atoms with Crippen molar-refractivity contribution in [3.63, 3.8) is 0 Å².